The fraction of sp³-hybridized carbons (Fsp3) is 0.500. The van der Waals surface area contributed by atoms with Crippen molar-refractivity contribution in [2.75, 3.05) is 26.7 Å². The fourth-order valence-corrected chi connectivity index (χ4v) is 3.47. The molecule has 2 fully saturated rings. The van der Waals surface area contributed by atoms with Crippen LogP contribution in [-0.4, -0.2) is 49.4 Å². The Hall–Kier alpha value is -2.25. The van der Waals surface area contributed by atoms with Gasteiger partial charge in [0.25, 0.3) is 11.8 Å². The van der Waals surface area contributed by atoms with Crippen LogP contribution in [0.5, 0.6) is 5.75 Å². The Morgan fingerprint density at radius 3 is 2.67 bits per heavy atom. The molecule has 0 aromatic heterocycles. The highest BCUT2D eigenvalue weighted by atomic mass is 19.3. The maximum absolute atomic E-state index is 14.1. The zero-order valence-corrected chi connectivity index (χ0v) is 13.1. The van der Waals surface area contributed by atoms with Gasteiger partial charge in [0.1, 0.15) is 0 Å². The standard InChI is InChI=1S/C16H17F3N2O3/c1-24-12-3-2-10(6-11(12)17)13(22)21-8-15(4-5-20-14(15)23)7-16(18,19)9-21/h2-3,6H,4-5,7-9H2,1H3,(H,20,23). The van der Waals surface area contributed by atoms with Gasteiger partial charge in [-0.05, 0) is 24.6 Å². The number of piperidine rings is 1. The maximum atomic E-state index is 14.1. The van der Waals surface area contributed by atoms with Crippen molar-refractivity contribution in [2.45, 2.75) is 18.8 Å². The van der Waals surface area contributed by atoms with Crippen LogP contribution >= 0.6 is 0 Å². The van der Waals surface area contributed by atoms with E-state index in [-0.39, 0.29) is 24.3 Å². The second-order valence-electron chi connectivity index (χ2n) is 6.33. The SMILES string of the molecule is COc1ccc(C(=O)N2CC(F)(F)CC3(CCNC3=O)C2)cc1F. The van der Waals surface area contributed by atoms with E-state index in [2.05, 4.69) is 5.32 Å². The average molecular weight is 342 g/mol. The smallest absolute Gasteiger partial charge is 0.266 e. The molecule has 1 unspecified atom stereocenters. The molecule has 2 aliphatic heterocycles. The van der Waals surface area contributed by atoms with E-state index in [0.29, 0.717) is 6.54 Å². The van der Waals surface area contributed by atoms with Crippen LogP contribution in [0.4, 0.5) is 13.2 Å². The van der Waals surface area contributed by atoms with Crippen molar-refractivity contribution >= 4 is 11.8 Å². The fourth-order valence-electron chi connectivity index (χ4n) is 3.47. The molecule has 24 heavy (non-hydrogen) atoms. The molecular formula is C16H17F3N2O3. The van der Waals surface area contributed by atoms with E-state index in [1.54, 1.807) is 0 Å². The molecule has 1 atom stereocenters. The molecule has 0 aliphatic carbocycles. The Balaban J connectivity index is 1.88. The van der Waals surface area contributed by atoms with Crippen LogP contribution in [0.25, 0.3) is 0 Å². The van der Waals surface area contributed by atoms with Crippen LogP contribution in [0, 0.1) is 11.2 Å². The highest BCUT2D eigenvalue weighted by Gasteiger charge is 2.55. The Kier molecular flexibility index (Phi) is 3.93. The topological polar surface area (TPSA) is 58.6 Å². The van der Waals surface area contributed by atoms with Crippen LogP contribution < -0.4 is 10.1 Å². The number of nitrogens with zero attached hydrogens (tertiary/aromatic N) is 1. The Morgan fingerprint density at radius 1 is 1.33 bits per heavy atom. The molecule has 1 aromatic carbocycles. The predicted octanol–water partition coefficient (Wildman–Crippen LogP) is 1.82. The number of carbonyl (C=O) groups excluding carboxylic acids is 2. The van der Waals surface area contributed by atoms with Crippen LogP contribution in [0.3, 0.4) is 0 Å². The van der Waals surface area contributed by atoms with Crippen molar-refractivity contribution < 1.29 is 27.5 Å². The van der Waals surface area contributed by atoms with E-state index in [1.807, 2.05) is 0 Å². The van der Waals surface area contributed by atoms with E-state index in [9.17, 15) is 22.8 Å². The van der Waals surface area contributed by atoms with Crippen molar-refractivity contribution in [3.63, 3.8) is 0 Å². The molecular weight excluding hydrogens is 325 g/mol. The summed E-state index contributed by atoms with van der Waals surface area (Å²) in [4.78, 5) is 25.5. The van der Waals surface area contributed by atoms with Gasteiger partial charge in [-0.25, -0.2) is 13.2 Å². The lowest BCUT2D eigenvalue weighted by atomic mass is 9.77. The molecule has 2 heterocycles. The lowest BCUT2D eigenvalue weighted by Crippen LogP contribution is -2.56. The Morgan fingerprint density at radius 2 is 2.08 bits per heavy atom. The number of rotatable bonds is 2. The average Bonchev–Trinajstić information content (AvgIpc) is 2.84. The third-order valence-electron chi connectivity index (χ3n) is 4.57. The number of halogens is 3. The van der Waals surface area contributed by atoms with Gasteiger partial charge in [-0.1, -0.05) is 0 Å². The van der Waals surface area contributed by atoms with Crippen molar-refractivity contribution in [1.29, 1.82) is 0 Å². The number of carbonyl (C=O) groups is 2. The van der Waals surface area contributed by atoms with Crippen molar-refractivity contribution in [3.05, 3.63) is 29.6 Å². The first kappa shape index (κ1) is 16.6. The highest BCUT2D eigenvalue weighted by Crippen LogP contribution is 2.43. The molecule has 2 saturated heterocycles. The van der Waals surface area contributed by atoms with E-state index in [4.69, 9.17) is 4.74 Å². The number of nitrogens with one attached hydrogen (secondary N) is 1. The number of methoxy groups -OCH3 is 1. The Bertz CT molecular complexity index is 695. The number of benzene rings is 1. The summed E-state index contributed by atoms with van der Waals surface area (Å²) in [6.07, 6.45) is -0.325. The largest absolute Gasteiger partial charge is 0.494 e. The van der Waals surface area contributed by atoms with Gasteiger partial charge in [0.2, 0.25) is 5.91 Å². The zero-order valence-electron chi connectivity index (χ0n) is 13.1. The zero-order chi connectivity index (χ0) is 17.5. The monoisotopic (exact) mass is 342 g/mol. The second kappa shape index (κ2) is 5.68. The van der Waals surface area contributed by atoms with Crippen molar-refractivity contribution in [1.82, 2.24) is 10.2 Å². The minimum atomic E-state index is -3.17. The summed E-state index contributed by atoms with van der Waals surface area (Å²) >= 11 is 0. The molecule has 1 N–H and O–H groups in total. The van der Waals surface area contributed by atoms with E-state index in [0.717, 1.165) is 11.0 Å². The minimum absolute atomic E-state index is 0.0397. The van der Waals surface area contributed by atoms with E-state index >= 15 is 0 Å². The molecule has 1 spiro atoms. The number of likely N-dealkylation sites (tertiary alicyclic amines) is 1. The normalized spacial score (nSPS) is 25.7. The lowest BCUT2D eigenvalue weighted by molar-refractivity contribution is -0.144. The number of hydrogen-bond donors (Lipinski definition) is 1. The predicted molar refractivity (Wildman–Crippen MR) is 78.5 cm³/mol. The lowest BCUT2D eigenvalue weighted by Gasteiger charge is -2.42. The van der Waals surface area contributed by atoms with E-state index < -0.39 is 41.9 Å². The second-order valence-corrected chi connectivity index (χ2v) is 6.33. The Labute approximate surface area is 136 Å². The molecule has 0 radical (unpaired) electrons. The van der Waals surface area contributed by atoms with Gasteiger partial charge >= 0.3 is 0 Å². The number of amides is 2. The molecule has 2 amide bonds. The van der Waals surface area contributed by atoms with Crippen molar-refractivity contribution in [3.8, 4) is 5.75 Å². The minimum Gasteiger partial charge on any atom is -0.494 e. The third-order valence-corrected chi connectivity index (χ3v) is 4.57. The van der Waals surface area contributed by atoms with Gasteiger partial charge in [0.05, 0.1) is 19.1 Å². The summed E-state index contributed by atoms with van der Waals surface area (Å²) in [6, 6.07) is 3.54. The highest BCUT2D eigenvalue weighted by molar-refractivity contribution is 5.95. The third kappa shape index (κ3) is 2.81. The first-order chi connectivity index (χ1) is 11.3. The summed E-state index contributed by atoms with van der Waals surface area (Å²) in [5.41, 5.74) is -1.33. The number of ether oxygens (including phenoxy) is 1. The van der Waals surface area contributed by atoms with E-state index in [1.165, 1.54) is 19.2 Å². The molecule has 5 nitrogen and oxygen atoms in total. The molecule has 8 heteroatoms. The summed E-state index contributed by atoms with van der Waals surface area (Å²) in [5, 5.41) is 2.55. The van der Waals surface area contributed by atoms with Gasteiger partial charge in [0.15, 0.2) is 11.6 Å². The molecule has 2 aliphatic rings. The van der Waals surface area contributed by atoms with Crippen LogP contribution in [0.2, 0.25) is 0 Å². The quantitative estimate of drug-likeness (QED) is 0.892. The molecule has 3 rings (SSSR count). The molecule has 0 bridgehead atoms. The van der Waals surface area contributed by atoms with Crippen LogP contribution in [0.15, 0.2) is 18.2 Å². The molecule has 1 aromatic rings. The first-order valence-corrected chi connectivity index (χ1v) is 7.55. The van der Waals surface area contributed by atoms with Crippen LogP contribution in [-0.2, 0) is 4.79 Å². The van der Waals surface area contributed by atoms with Crippen LogP contribution in [0.1, 0.15) is 23.2 Å². The van der Waals surface area contributed by atoms with Gasteiger partial charge < -0.3 is 15.0 Å². The molecule has 130 valence electrons. The van der Waals surface area contributed by atoms with Gasteiger partial charge in [0, 0.05) is 25.1 Å². The summed E-state index contributed by atoms with van der Waals surface area (Å²) in [7, 11) is 1.29. The summed E-state index contributed by atoms with van der Waals surface area (Å²) in [6.45, 7) is -0.566. The molecule has 0 saturated carbocycles. The van der Waals surface area contributed by atoms with Gasteiger partial charge in [-0.2, -0.15) is 0 Å². The van der Waals surface area contributed by atoms with Gasteiger partial charge in [-0.15, -0.1) is 0 Å². The van der Waals surface area contributed by atoms with Crippen molar-refractivity contribution in [2.24, 2.45) is 5.41 Å². The number of hydrogen-bond acceptors (Lipinski definition) is 3. The van der Waals surface area contributed by atoms with Gasteiger partial charge in [-0.3, -0.25) is 9.59 Å². The summed E-state index contributed by atoms with van der Waals surface area (Å²) in [5.74, 6) is -5.14. The summed E-state index contributed by atoms with van der Waals surface area (Å²) < 4.78 is 46.8. The maximum Gasteiger partial charge on any atom is 0.266 e. The number of alkyl halides is 2. The first-order valence-electron chi connectivity index (χ1n) is 7.55.